The summed E-state index contributed by atoms with van der Waals surface area (Å²) in [6.45, 7) is 9.00. The zero-order valence-electron chi connectivity index (χ0n) is 16.7. The lowest BCUT2D eigenvalue weighted by molar-refractivity contribution is 0.763. The minimum atomic E-state index is 0.452. The molecule has 0 amide bonds. The Kier molecular flexibility index (Phi) is 4.70. The molecule has 136 valence electrons. The molecule has 0 aliphatic rings. The normalized spacial score (nSPS) is 12.6. The van der Waals surface area contributed by atoms with Crippen molar-refractivity contribution in [1.82, 2.24) is 4.98 Å². The van der Waals surface area contributed by atoms with Gasteiger partial charge in [0, 0.05) is 11.6 Å². The number of pyridine rings is 1. The molecular weight excluding hydrogens is 326 g/mol. The Balaban J connectivity index is 1.81. The molecule has 27 heavy (non-hydrogen) atoms. The topological polar surface area (TPSA) is 12.9 Å². The molecule has 0 aliphatic heterocycles. The van der Waals surface area contributed by atoms with Crippen molar-refractivity contribution in [1.29, 1.82) is 0 Å². The van der Waals surface area contributed by atoms with Crippen LogP contribution in [0.15, 0.2) is 60.8 Å². The Labute approximate surface area is 162 Å². The summed E-state index contributed by atoms with van der Waals surface area (Å²) < 4.78 is 0. The fourth-order valence-electron chi connectivity index (χ4n) is 4.55. The van der Waals surface area contributed by atoms with Crippen LogP contribution in [0.5, 0.6) is 0 Å². The van der Waals surface area contributed by atoms with E-state index in [9.17, 15) is 0 Å². The molecule has 1 unspecified atom stereocenters. The Morgan fingerprint density at radius 2 is 1.63 bits per heavy atom. The predicted octanol–water partition coefficient (Wildman–Crippen LogP) is 6.91. The maximum absolute atomic E-state index is 4.72. The molecule has 4 aromatic rings. The Hall–Kier alpha value is -2.67. The second kappa shape index (κ2) is 7.15. The number of rotatable bonds is 4. The van der Waals surface area contributed by atoms with Gasteiger partial charge in [-0.1, -0.05) is 62.4 Å². The summed E-state index contributed by atoms with van der Waals surface area (Å²) in [5, 5.41) is 4.02. The summed E-state index contributed by atoms with van der Waals surface area (Å²) in [6.07, 6.45) is 4.04. The Morgan fingerprint density at radius 1 is 0.852 bits per heavy atom. The summed E-state index contributed by atoms with van der Waals surface area (Å²) in [6, 6.07) is 20.0. The van der Waals surface area contributed by atoms with E-state index in [4.69, 9.17) is 4.98 Å². The van der Waals surface area contributed by atoms with Gasteiger partial charge in [0.25, 0.3) is 0 Å². The van der Waals surface area contributed by atoms with E-state index in [2.05, 4.69) is 82.3 Å². The molecule has 0 saturated carbocycles. The number of hydrogen-bond donors (Lipinski definition) is 0. The van der Waals surface area contributed by atoms with Crippen LogP contribution in [0.2, 0.25) is 0 Å². The van der Waals surface area contributed by atoms with Crippen LogP contribution >= 0.6 is 0 Å². The van der Waals surface area contributed by atoms with Crippen LogP contribution in [-0.2, 0) is 12.8 Å². The first-order valence-corrected chi connectivity index (χ1v) is 9.94. The molecule has 1 nitrogen and oxygen atoms in total. The fourth-order valence-corrected chi connectivity index (χ4v) is 4.55. The third kappa shape index (κ3) is 3.12. The first-order valence-electron chi connectivity index (χ1n) is 9.94. The lowest BCUT2D eigenvalue weighted by Crippen LogP contribution is -2.04. The Morgan fingerprint density at radius 3 is 2.44 bits per heavy atom. The minimum Gasteiger partial charge on any atom is -0.256 e. The molecular formula is C26H27N. The summed E-state index contributed by atoms with van der Waals surface area (Å²) in [5.41, 5.74) is 8.15. The lowest BCUT2D eigenvalue weighted by Gasteiger charge is -2.19. The van der Waals surface area contributed by atoms with Gasteiger partial charge in [-0.3, -0.25) is 4.98 Å². The molecule has 1 atom stereocenters. The van der Waals surface area contributed by atoms with Gasteiger partial charge in [-0.2, -0.15) is 0 Å². The SMILES string of the molecule is CCc1c(C)ccc2c(CC(C)c3c(C)ccc4ccccc34)ccnc12. The van der Waals surface area contributed by atoms with Gasteiger partial charge in [0.05, 0.1) is 5.52 Å². The summed E-state index contributed by atoms with van der Waals surface area (Å²) in [7, 11) is 0. The zero-order chi connectivity index (χ0) is 19.0. The van der Waals surface area contributed by atoms with Gasteiger partial charge >= 0.3 is 0 Å². The molecule has 0 radical (unpaired) electrons. The number of fused-ring (bicyclic) bond motifs is 2. The van der Waals surface area contributed by atoms with Gasteiger partial charge in [0.1, 0.15) is 0 Å². The molecule has 0 aliphatic carbocycles. The van der Waals surface area contributed by atoms with E-state index >= 15 is 0 Å². The molecule has 1 aromatic heterocycles. The smallest absolute Gasteiger partial charge is 0.0739 e. The molecule has 1 heterocycles. The van der Waals surface area contributed by atoms with Crippen molar-refractivity contribution < 1.29 is 0 Å². The second-order valence-corrected chi connectivity index (χ2v) is 7.70. The standard InChI is InChI=1S/C26H27N/c1-5-22-17(2)11-13-24-21(14-15-27-26(22)24)16-19(4)25-18(3)10-12-20-8-6-7-9-23(20)25/h6-15,19H,5,16H2,1-4H3. The molecule has 0 N–H and O–H groups in total. The molecule has 4 rings (SSSR count). The van der Waals surface area contributed by atoms with Gasteiger partial charge < -0.3 is 0 Å². The predicted molar refractivity (Wildman–Crippen MR) is 117 cm³/mol. The van der Waals surface area contributed by atoms with Gasteiger partial charge in [-0.05, 0) is 77.3 Å². The highest BCUT2D eigenvalue weighted by Crippen LogP contribution is 2.33. The molecule has 0 bridgehead atoms. The number of aromatic nitrogens is 1. The second-order valence-electron chi connectivity index (χ2n) is 7.70. The van der Waals surface area contributed by atoms with Crippen molar-refractivity contribution in [3.8, 4) is 0 Å². The average molecular weight is 354 g/mol. The minimum absolute atomic E-state index is 0.452. The monoisotopic (exact) mass is 353 g/mol. The molecule has 0 saturated heterocycles. The molecule has 1 heteroatoms. The summed E-state index contributed by atoms with van der Waals surface area (Å²) in [4.78, 5) is 4.72. The summed E-state index contributed by atoms with van der Waals surface area (Å²) >= 11 is 0. The third-order valence-corrected chi connectivity index (χ3v) is 5.90. The maximum Gasteiger partial charge on any atom is 0.0739 e. The van der Waals surface area contributed by atoms with Crippen LogP contribution in [0.3, 0.4) is 0 Å². The largest absolute Gasteiger partial charge is 0.256 e. The van der Waals surface area contributed by atoms with Crippen LogP contribution in [-0.4, -0.2) is 4.98 Å². The van der Waals surface area contributed by atoms with Crippen molar-refractivity contribution in [3.63, 3.8) is 0 Å². The summed E-state index contributed by atoms with van der Waals surface area (Å²) in [5.74, 6) is 0.452. The molecule has 0 spiro atoms. The number of nitrogens with zero attached hydrogens (tertiary/aromatic N) is 1. The maximum atomic E-state index is 4.72. The van der Waals surface area contributed by atoms with E-state index in [0.717, 1.165) is 12.8 Å². The lowest BCUT2D eigenvalue weighted by atomic mass is 9.86. The van der Waals surface area contributed by atoms with E-state index in [1.165, 1.54) is 49.5 Å². The van der Waals surface area contributed by atoms with Crippen LogP contribution in [0, 0.1) is 13.8 Å². The van der Waals surface area contributed by atoms with Crippen LogP contribution in [0.25, 0.3) is 21.7 Å². The first-order chi connectivity index (χ1) is 13.1. The van der Waals surface area contributed by atoms with E-state index < -0.39 is 0 Å². The third-order valence-electron chi connectivity index (χ3n) is 5.90. The molecule has 0 fully saturated rings. The van der Waals surface area contributed by atoms with Crippen LogP contribution < -0.4 is 0 Å². The highest BCUT2D eigenvalue weighted by atomic mass is 14.7. The van der Waals surface area contributed by atoms with Gasteiger partial charge in [-0.15, -0.1) is 0 Å². The van der Waals surface area contributed by atoms with Crippen molar-refractivity contribution in [2.45, 2.75) is 46.5 Å². The quantitative estimate of drug-likeness (QED) is 0.388. The Bertz CT molecular complexity index is 1120. The number of aryl methyl sites for hydroxylation is 3. The van der Waals surface area contributed by atoms with Crippen molar-refractivity contribution in [3.05, 3.63) is 88.6 Å². The van der Waals surface area contributed by atoms with E-state index in [1.54, 1.807) is 0 Å². The highest BCUT2D eigenvalue weighted by molar-refractivity contribution is 5.88. The van der Waals surface area contributed by atoms with E-state index in [1.807, 2.05) is 6.20 Å². The van der Waals surface area contributed by atoms with Crippen LogP contribution in [0.4, 0.5) is 0 Å². The van der Waals surface area contributed by atoms with Crippen LogP contribution in [0.1, 0.15) is 47.6 Å². The zero-order valence-corrected chi connectivity index (χ0v) is 16.7. The fraction of sp³-hybridized carbons (Fsp3) is 0.269. The van der Waals surface area contributed by atoms with Gasteiger partial charge in [-0.25, -0.2) is 0 Å². The van der Waals surface area contributed by atoms with E-state index in [0.29, 0.717) is 5.92 Å². The number of benzene rings is 3. The van der Waals surface area contributed by atoms with E-state index in [-0.39, 0.29) is 0 Å². The van der Waals surface area contributed by atoms with Crippen molar-refractivity contribution in [2.75, 3.05) is 0 Å². The average Bonchev–Trinajstić information content (AvgIpc) is 2.67. The first kappa shape index (κ1) is 17.7. The number of hydrogen-bond acceptors (Lipinski definition) is 1. The van der Waals surface area contributed by atoms with Gasteiger partial charge in [0.15, 0.2) is 0 Å². The van der Waals surface area contributed by atoms with Crippen molar-refractivity contribution >= 4 is 21.7 Å². The van der Waals surface area contributed by atoms with Gasteiger partial charge in [0.2, 0.25) is 0 Å². The molecule has 3 aromatic carbocycles. The van der Waals surface area contributed by atoms with Crippen molar-refractivity contribution in [2.24, 2.45) is 0 Å². The highest BCUT2D eigenvalue weighted by Gasteiger charge is 2.15.